The summed E-state index contributed by atoms with van der Waals surface area (Å²) < 4.78 is 22.8. The molecule has 0 aromatic carbocycles. The van der Waals surface area contributed by atoms with Crippen molar-refractivity contribution in [2.45, 2.75) is 0 Å². The van der Waals surface area contributed by atoms with E-state index in [1.807, 2.05) is 0 Å². The third kappa shape index (κ3) is 4.12. The Morgan fingerprint density at radius 2 is 1.53 bits per heavy atom. The van der Waals surface area contributed by atoms with Gasteiger partial charge >= 0.3 is 5.24 Å². The van der Waals surface area contributed by atoms with Gasteiger partial charge in [-0.25, -0.2) is 8.42 Å². The zero-order valence-electron chi connectivity index (χ0n) is 8.55. The van der Waals surface area contributed by atoms with Crippen molar-refractivity contribution >= 4 is 15.1 Å². The van der Waals surface area contributed by atoms with Gasteiger partial charge in [-0.1, -0.05) is 18.2 Å². The molecule has 0 aliphatic rings. The minimum absolute atomic E-state index is 0.182. The van der Waals surface area contributed by atoms with Crippen molar-refractivity contribution in [3.05, 3.63) is 38.0 Å². The summed E-state index contributed by atoms with van der Waals surface area (Å²) in [6.07, 6.45) is 4.11. The summed E-state index contributed by atoms with van der Waals surface area (Å²) in [5.41, 5.74) is 0. The molecule has 0 rings (SSSR count). The zero-order chi connectivity index (χ0) is 11.9. The molecule has 0 saturated carbocycles. The number of hydrogen-bond acceptors (Lipinski definition) is 3. The van der Waals surface area contributed by atoms with Crippen LogP contribution in [0.4, 0.5) is 4.79 Å². The van der Waals surface area contributed by atoms with Crippen LogP contribution in [0, 0.1) is 0 Å². The minimum Gasteiger partial charge on any atom is -0.322 e. The zero-order valence-corrected chi connectivity index (χ0v) is 9.37. The van der Waals surface area contributed by atoms with Gasteiger partial charge in [0.2, 0.25) is 9.84 Å². The molecule has 1 amide bonds. The standard InChI is InChI=1S/C10H15NO3S/c1-4-7-11(8-5-2)10(12)15(13,14)9-6-3/h4-6H,1-3,7-9H2. The number of carbonyl (C=O) groups excluding carboxylic acids is 1. The normalized spacial score (nSPS) is 10.4. The molecule has 0 atom stereocenters. The molecule has 84 valence electrons. The van der Waals surface area contributed by atoms with E-state index < -0.39 is 15.1 Å². The van der Waals surface area contributed by atoms with Crippen LogP contribution in [0.3, 0.4) is 0 Å². The van der Waals surface area contributed by atoms with E-state index in [1.54, 1.807) is 0 Å². The topological polar surface area (TPSA) is 54.5 Å². The molecule has 0 fully saturated rings. The molecule has 0 heterocycles. The molecule has 0 N–H and O–H groups in total. The van der Waals surface area contributed by atoms with Crippen LogP contribution >= 0.6 is 0 Å². The number of rotatable bonds is 6. The third-order valence-electron chi connectivity index (χ3n) is 1.56. The first-order chi connectivity index (χ1) is 6.99. The van der Waals surface area contributed by atoms with Gasteiger partial charge in [0.05, 0.1) is 5.75 Å². The summed E-state index contributed by atoms with van der Waals surface area (Å²) in [6.45, 7) is 10.6. The molecule has 0 spiro atoms. The van der Waals surface area contributed by atoms with Crippen LogP contribution in [0.15, 0.2) is 38.0 Å². The summed E-state index contributed by atoms with van der Waals surface area (Å²) in [5.74, 6) is -0.351. The first-order valence-electron chi connectivity index (χ1n) is 4.34. The Bertz CT molecular complexity index is 347. The predicted octanol–water partition coefficient (Wildman–Crippen LogP) is 1.38. The van der Waals surface area contributed by atoms with Crippen molar-refractivity contribution in [2.75, 3.05) is 18.8 Å². The average molecular weight is 229 g/mol. The number of hydrogen-bond donors (Lipinski definition) is 0. The molecule has 15 heavy (non-hydrogen) atoms. The molecular weight excluding hydrogens is 214 g/mol. The molecule has 5 heteroatoms. The van der Waals surface area contributed by atoms with Gasteiger partial charge in [-0.3, -0.25) is 4.79 Å². The lowest BCUT2D eigenvalue weighted by atomic mass is 10.5. The van der Waals surface area contributed by atoms with E-state index in [0.29, 0.717) is 0 Å². The van der Waals surface area contributed by atoms with E-state index >= 15 is 0 Å². The SMILES string of the molecule is C=CCN(CC=C)C(=O)S(=O)(=O)CC=C. The predicted molar refractivity (Wildman–Crippen MR) is 61.3 cm³/mol. The Balaban J connectivity index is 4.83. The van der Waals surface area contributed by atoms with Crippen LogP contribution in [-0.4, -0.2) is 37.4 Å². The van der Waals surface area contributed by atoms with Crippen LogP contribution in [-0.2, 0) is 9.84 Å². The summed E-state index contributed by atoms with van der Waals surface area (Å²) >= 11 is 0. The Morgan fingerprint density at radius 3 is 1.87 bits per heavy atom. The van der Waals surface area contributed by atoms with Crippen LogP contribution < -0.4 is 0 Å². The van der Waals surface area contributed by atoms with Crippen molar-refractivity contribution in [2.24, 2.45) is 0 Å². The van der Waals surface area contributed by atoms with Gasteiger partial charge in [0.25, 0.3) is 0 Å². The maximum Gasteiger partial charge on any atom is 0.339 e. The van der Waals surface area contributed by atoms with Gasteiger partial charge in [0.15, 0.2) is 0 Å². The van der Waals surface area contributed by atoms with Crippen molar-refractivity contribution < 1.29 is 13.2 Å². The first kappa shape index (κ1) is 13.6. The highest BCUT2D eigenvalue weighted by Crippen LogP contribution is 2.02. The molecule has 0 aromatic heterocycles. The molecule has 0 aliphatic carbocycles. The van der Waals surface area contributed by atoms with E-state index in [-0.39, 0.29) is 18.8 Å². The molecule has 0 aliphatic heterocycles. The van der Waals surface area contributed by atoms with Gasteiger partial charge in [-0.05, 0) is 0 Å². The van der Waals surface area contributed by atoms with E-state index in [0.717, 1.165) is 4.90 Å². The number of nitrogens with zero attached hydrogens (tertiary/aromatic N) is 1. The smallest absolute Gasteiger partial charge is 0.322 e. The molecule has 0 unspecified atom stereocenters. The lowest BCUT2D eigenvalue weighted by molar-refractivity contribution is 0.230. The highest BCUT2D eigenvalue weighted by atomic mass is 32.2. The maximum atomic E-state index is 11.5. The summed E-state index contributed by atoms with van der Waals surface area (Å²) in [5, 5.41) is -0.915. The van der Waals surface area contributed by atoms with Crippen LogP contribution in [0.5, 0.6) is 0 Å². The van der Waals surface area contributed by atoms with Gasteiger partial charge in [0.1, 0.15) is 0 Å². The van der Waals surface area contributed by atoms with E-state index in [4.69, 9.17) is 0 Å². The fourth-order valence-corrected chi connectivity index (χ4v) is 1.95. The lowest BCUT2D eigenvalue weighted by Gasteiger charge is -2.18. The molecule has 0 radical (unpaired) electrons. The van der Waals surface area contributed by atoms with Crippen LogP contribution in [0.2, 0.25) is 0 Å². The van der Waals surface area contributed by atoms with E-state index in [1.165, 1.54) is 18.2 Å². The highest BCUT2D eigenvalue weighted by molar-refractivity contribution is 8.06. The highest BCUT2D eigenvalue weighted by Gasteiger charge is 2.25. The van der Waals surface area contributed by atoms with E-state index in [2.05, 4.69) is 19.7 Å². The van der Waals surface area contributed by atoms with Gasteiger partial charge in [-0.2, -0.15) is 0 Å². The van der Waals surface area contributed by atoms with E-state index in [9.17, 15) is 13.2 Å². The Morgan fingerprint density at radius 1 is 1.07 bits per heavy atom. The minimum atomic E-state index is -3.78. The molecule has 4 nitrogen and oxygen atoms in total. The molecular formula is C10H15NO3S. The second-order valence-electron chi connectivity index (χ2n) is 2.82. The molecule has 0 aromatic rings. The van der Waals surface area contributed by atoms with Crippen molar-refractivity contribution in [3.63, 3.8) is 0 Å². The van der Waals surface area contributed by atoms with Crippen molar-refractivity contribution in [1.29, 1.82) is 0 Å². The summed E-state index contributed by atoms with van der Waals surface area (Å²) in [6, 6.07) is 0. The molecule has 0 saturated heterocycles. The fraction of sp³-hybridized carbons (Fsp3) is 0.300. The number of amides is 1. The Hall–Kier alpha value is -1.36. The quantitative estimate of drug-likeness (QED) is 0.647. The van der Waals surface area contributed by atoms with Crippen molar-refractivity contribution in [3.8, 4) is 0 Å². The van der Waals surface area contributed by atoms with Gasteiger partial charge in [-0.15, -0.1) is 19.7 Å². The van der Waals surface area contributed by atoms with Crippen molar-refractivity contribution in [1.82, 2.24) is 4.90 Å². The van der Waals surface area contributed by atoms with Gasteiger partial charge in [0, 0.05) is 13.1 Å². The largest absolute Gasteiger partial charge is 0.339 e. The van der Waals surface area contributed by atoms with Crippen LogP contribution in [0.25, 0.3) is 0 Å². The second-order valence-corrected chi connectivity index (χ2v) is 4.73. The number of carbonyl (C=O) groups is 1. The molecule has 0 bridgehead atoms. The summed E-state index contributed by atoms with van der Waals surface area (Å²) in [4.78, 5) is 12.7. The Labute approximate surface area is 90.5 Å². The van der Waals surface area contributed by atoms with Crippen LogP contribution in [0.1, 0.15) is 0 Å². The first-order valence-corrected chi connectivity index (χ1v) is 5.99. The summed E-state index contributed by atoms with van der Waals surface area (Å²) in [7, 11) is -3.78. The number of sulfone groups is 1. The second kappa shape index (κ2) is 6.19. The third-order valence-corrected chi connectivity index (χ3v) is 3.03. The average Bonchev–Trinajstić information content (AvgIpc) is 2.16. The maximum absolute atomic E-state index is 11.5. The monoisotopic (exact) mass is 229 g/mol. The van der Waals surface area contributed by atoms with Gasteiger partial charge < -0.3 is 4.90 Å². The fourth-order valence-electron chi connectivity index (χ4n) is 0.958. The Kier molecular flexibility index (Phi) is 5.62. The lowest BCUT2D eigenvalue weighted by Crippen LogP contribution is -2.36.